The van der Waals surface area contributed by atoms with Crippen LogP contribution in [-0.2, 0) is 0 Å². The zero-order chi connectivity index (χ0) is 17.2. The molecule has 3 aromatic rings. The first-order valence-electron chi connectivity index (χ1n) is 8.05. The zero-order valence-electron chi connectivity index (χ0n) is 13.4. The Balaban J connectivity index is 1.87. The van der Waals surface area contributed by atoms with Crippen molar-refractivity contribution in [1.82, 2.24) is 0 Å². The second-order valence-corrected chi connectivity index (χ2v) is 6.80. The molecule has 4 rings (SSSR count). The van der Waals surface area contributed by atoms with Crippen LogP contribution in [0.1, 0.15) is 27.6 Å². The summed E-state index contributed by atoms with van der Waals surface area (Å²) < 4.78 is 7.18. The van der Waals surface area contributed by atoms with Crippen LogP contribution < -0.4 is 4.74 Å². The molecule has 0 N–H and O–H groups in total. The SMILES string of the molecule is O=C1/C(=C\c2cccc(Br)c2)[C@H](c2ccccc2)Oc2ccccc21. The second kappa shape index (κ2) is 6.69. The van der Waals surface area contributed by atoms with E-state index >= 15 is 0 Å². The van der Waals surface area contributed by atoms with Crippen LogP contribution in [-0.4, -0.2) is 5.78 Å². The third kappa shape index (κ3) is 3.15. The summed E-state index contributed by atoms with van der Waals surface area (Å²) in [7, 11) is 0. The maximum Gasteiger partial charge on any atom is 0.196 e. The highest BCUT2D eigenvalue weighted by Gasteiger charge is 2.32. The van der Waals surface area contributed by atoms with Gasteiger partial charge in [-0.1, -0.05) is 70.5 Å². The molecule has 25 heavy (non-hydrogen) atoms. The number of fused-ring (bicyclic) bond motifs is 1. The third-order valence-corrected chi connectivity index (χ3v) is 4.69. The predicted molar refractivity (Wildman–Crippen MR) is 103 cm³/mol. The lowest BCUT2D eigenvalue weighted by Gasteiger charge is -2.28. The molecule has 0 saturated heterocycles. The van der Waals surface area contributed by atoms with E-state index in [1.54, 1.807) is 0 Å². The summed E-state index contributed by atoms with van der Waals surface area (Å²) in [5.74, 6) is 0.642. The molecule has 3 heteroatoms. The highest BCUT2D eigenvalue weighted by molar-refractivity contribution is 9.10. The van der Waals surface area contributed by atoms with Crippen LogP contribution in [0.3, 0.4) is 0 Å². The summed E-state index contributed by atoms with van der Waals surface area (Å²) in [6.07, 6.45) is 1.50. The molecule has 1 aliphatic rings. The number of hydrogen-bond donors (Lipinski definition) is 0. The molecular weight excluding hydrogens is 376 g/mol. The van der Waals surface area contributed by atoms with E-state index in [-0.39, 0.29) is 5.78 Å². The van der Waals surface area contributed by atoms with Gasteiger partial charge in [0.1, 0.15) is 5.75 Å². The van der Waals surface area contributed by atoms with E-state index in [0.29, 0.717) is 16.9 Å². The molecular formula is C22H15BrO2. The smallest absolute Gasteiger partial charge is 0.196 e. The normalized spacial score (nSPS) is 17.9. The molecule has 0 aromatic heterocycles. The van der Waals surface area contributed by atoms with E-state index in [0.717, 1.165) is 15.6 Å². The molecule has 0 amide bonds. The summed E-state index contributed by atoms with van der Waals surface area (Å²) in [6, 6.07) is 25.1. The minimum atomic E-state index is -0.414. The van der Waals surface area contributed by atoms with Crippen molar-refractivity contribution in [1.29, 1.82) is 0 Å². The van der Waals surface area contributed by atoms with Crippen LogP contribution in [0.5, 0.6) is 5.75 Å². The Morgan fingerprint density at radius 2 is 1.64 bits per heavy atom. The topological polar surface area (TPSA) is 26.3 Å². The fourth-order valence-corrected chi connectivity index (χ4v) is 3.43. The van der Waals surface area contributed by atoms with Crippen molar-refractivity contribution in [2.24, 2.45) is 0 Å². The summed E-state index contributed by atoms with van der Waals surface area (Å²) in [5.41, 5.74) is 3.17. The monoisotopic (exact) mass is 390 g/mol. The Morgan fingerprint density at radius 3 is 2.44 bits per heavy atom. The maximum atomic E-state index is 13.1. The zero-order valence-corrected chi connectivity index (χ0v) is 14.9. The third-order valence-electron chi connectivity index (χ3n) is 4.19. The van der Waals surface area contributed by atoms with Crippen molar-refractivity contribution >= 4 is 27.8 Å². The van der Waals surface area contributed by atoms with Crippen LogP contribution in [0.15, 0.2) is 88.9 Å². The van der Waals surface area contributed by atoms with Gasteiger partial charge in [0.15, 0.2) is 11.9 Å². The van der Waals surface area contributed by atoms with Crippen molar-refractivity contribution in [2.75, 3.05) is 0 Å². The molecule has 1 atom stereocenters. The molecule has 0 bridgehead atoms. The number of ketones is 1. The highest BCUT2D eigenvalue weighted by Crippen LogP contribution is 2.39. The lowest BCUT2D eigenvalue weighted by molar-refractivity contribution is 0.0963. The fourth-order valence-electron chi connectivity index (χ4n) is 3.01. The Hall–Kier alpha value is -2.65. The van der Waals surface area contributed by atoms with Gasteiger partial charge < -0.3 is 4.74 Å². The van der Waals surface area contributed by atoms with Gasteiger partial charge in [0.05, 0.1) is 5.56 Å². The van der Waals surface area contributed by atoms with Crippen LogP contribution >= 0.6 is 15.9 Å². The van der Waals surface area contributed by atoms with E-state index in [1.165, 1.54) is 0 Å². The molecule has 0 saturated carbocycles. The van der Waals surface area contributed by atoms with Gasteiger partial charge in [-0.15, -0.1) is 0 Å². The molecule has 2 nitrogen and oxygen atoms in total. The van der Waals surface area contributed by atoms with E-state index in [4.69, 9.17) is 4.74 Å². The van der Waals surface area contributed by atoms with Gasteiger partial charge in [-0.3, -0.25) is 4.79 Å². The van der Waals surface area contributed by atoms with Crippen molar-refractivity contribution < 1.29 is 9.53 Å². The van der Waals surface area contributed by atoms with Crippen molar-refractivity contribution in [3.8, 4) is 5.75 Å². The Bertz CT molecular complexity index is 961. The molecule has 122 valence electrons. The average Bonchev–Trinajstić information content (AvgIpc) is 2.65. The van der Waals surface area contributed by atoms with Crippen molar-refractivity contribution in [3.63, 3.8) is 0 Å². The number of carbonyl (C=O) groups excluding carboxylic acids is 1. The minimum absolute atomic E-state index is 0.00989. The predicted octanol–water partition coefficient (Wildman–Crippen LogP) is 5.85. The van der Waals surface area contributed by atoms with Gasteiger partial charge in [0.2, 0.25) is 0 Å². The van der Waals surface area contributed by atoms with Gasteiger partial charge in [0.25, 0.3) is 0 Å². The molecule has 1 aliphatic heterocycles. The second-order valence-electron chi connectivity index (χ2n) is 5.89. The number of rotatable bonds is 2. The largest absolute Gasteiger partial charge is 0.480 e. The number of para-hydroxylation sites is 1. The Kier molecular flexibility index (Phi) is 4.24. The van der Waals surface area contributed by atoms with E-state index in [9.17, 15) is 4.79 Å². The fraction of sp³-hybridized carbons (Fsp3) is 0.0455. The first kappa shape index (κ1) is 15.9. The first-order valence-corrected chi connectivity index (χ1v) is 8.84. The molecule has 0 aliphatic carbocycles. The summed E-state index contributed by atoms with van der Waals surface area (Å²) in [4.78, 5) is 13.1. The number of benzene rings is 3. The first-order chi connectivity index (χ1) is 12.2. The standard InChI is InChI=1S/C22H15BrO2/c23-17-10-6-7-15(13-17)14-19-21(24)18-11-4-5-12-20(18)25-22(19)16-8-2-1-3-9-16/h1-14,22H/b19-14+/t22-/m0/s1. The summed E-state index contributed by atoms with van der Waals surface area (Å²) in [6.45, 7) is 0. The van der Waals surface area contributed by atoms with Crippen molar-refractivity contribution in [2.45, 2.75) is 6.10 Å². The van der Waals surface area contributed by atoms with Crippen LogP contribution in [0.25, 0.3) is 6.08 Å². The summed E-state index contributed by atoms with van der Waals surface area (Å²) >= 11 is 3.48. The highest BCUT2D eigenvalue weighted by atomic mass is 79.9. The number of carbonyl (C=O) groups is 1. The average molecular weight is 391 g/mol. The lowest BCUT2D eigenvalue weighted by Crippen LogP contribution is -2.23. The van der Waals surface area contributed by atoms with Gasteiger partial charge >= 0.3 is 0 Å². The van der Waals surface area contributed by atoms with Crippen LogP contribution in [0.2, 0.25) is 0 Å². The maximum absolute atomic E-state index is 13.1. The van der Waals surface area contributed by atoms with E-state index in [1.807, 2.05) is 84.9 Å². The molecule has 0 unspecified atom stereocenters. The molecule has 1 heterocycles. The Labute approximate surface area is 154 Å². The molecule has 3 aromatic carbocycles. The lowest BCUT2D eigenvalue weighted by atomic mass is 9.89. The minimum Gasteiger partial charge on any atom is -0.480 e. The van der Waals surface area contributed by atoms with Gasteiger partial charge in [-0.05, 0) is 41.5 Å². The van der Waals surface area contributed by atoms with Gasteiger partial charge in [-0.2, -0.15) is 0 Å². The van der Waals surface area contributed by atoms with Crippen LogP contribution in [0.4, 0.5) is 0 Å². The van der Waals surface area contributed by atoms with Gasteiger partial charge in [0, 0.05) is 10.0 Å². The molecule has 0 spiro atoms. The van der Waals surface area contributed by atoms with E-state index < -0.39 is 6.10 Å². The van der Waals surface area contributed by atoms with Gasteiger partial charge in [-0.25, -0.2) is 0 Å². The summed E-state index contributed by atoms with van der Waals surface area (Å²) in [5, 5.41) is 0. The van der Waals surface area contributed by atoms with Crippen molar-refractivity contribution in [3.05, 3.63) is 106 Å². The Morgan fingerprint density at radius 1 is 0.880 bits per heavy atom. The molecule has 0 fully saturated rings. The number of halogens is 1. The van der Waals surface area contributed by atoms with E-state index in [2.05, 4.69) is 15.9 Å². The number of hydrogen-bond acceptors (Lipinski definition) is 2. The molecule has 0 radical (unpaired) electrons. The quantitative estimate of drug-likeness (QED) is 0.513. The number of ether oxygens (including phenoxy) is 1. The number of Topliss-reactive ketones (excluding diaryl/α,β-unsaturated/α-hetero) is 1. The van der Waals surface area contributed by atoms with Crippen LogP contribution in [0, 0.1) is 0 Å².